The second kappa shape index (κ2) is 11.8. The van der Waals surface area contributed by atoms with Gasteiger partial charge >= 0.3 is 0 Å². The first-order valence-electron chi connectivity index (χ1n) is 20.5. The summed E-state index contributed by atoms with van der Waals surface area (Å²) in [6, 6.07) is 66.5. The van der Waals surface area contributed by atoms with Crippen LogP contribution in [0.2, 0.25) is 0 Å². The molecule has 59 heavy (non-hydrogen) atoms. The molecule has 276 valence electrons. The summed E-state index contributed by atoms with van der Waals surface area (Å²) in [5.41, 5.74) is 15.9. The van der Waals surface area contributed by atoms with Crippen LogP contribution >= 0.6 is 0 Å². The van der Waals surface area contributed by atoms with Gasteiger partial charge in [0.1, 0.15) is 22.3 Å². The van der Waals surface area contributed by atoms with Crippen LogP contribution in [-0.4, -0.2) is 0 Å². The second-order valence-corrected chi connectivity index (χ2v) is 16.8. The molecule has 0 atom stereocenters. The van der Waals surface area contributed by atoms with Crippen LogP contribution in [0, 0.1) is 0 Å². The minimum Gasteiger partial charge on any atom is -0.456 e. The molecule has 12 aromatic rings. The Morgan fingerprint density at radius 2 is 0.898 bits per heavy atom. The van der Waals surface area contributed by atoms with Crippen LogP contribution in [0.15, 0.2) is 191 Å². The second-order valence-electron chi connectivity index (χ2n) is 16.8. The van der Waals surface area contributed by atoms with E-state index in [1.165, 1.54) is 76.8 Å². The van der Waals surface area contributed by atoms with E-state index in [1.54, 1.807) is 0 Å². The summed E-state index contributed by atoms with van der Waals surface area (Å²) in [6.45, 7) is 4.75. The van der Waals surface area contributed by atoms with Crippen molar-refractivity contribution < 1.29 is 8.83 Å². The lowest BCUT2D eigenvalue weighted by Crippen LogP contribution is -2.15. The highest BCUT2D eigenvalue weighted by Crippen LogP contribution is 2.53. The highest BCUT2D eigenvalue weighted by molar-refractivity contribution is 6.22. The summed E-state index contributed by atoms with van der Waals surface area (Å²) in [5, 5.41) is 11.9. The molecule has 0 N–H and O–H groups in total. The number of hydrogen-bond donors (Lipinski definition) is 0. The molecular weight excluding hydrogens is 717 g/mol. The first-order valence-corrected chi connectivity index (χ1v) is 20.5. The molecule has 10 aromatic carbocycles. The number of furan rings is 2. The fourth-order valence-corrected chi connectivity index (χ4v) is 10.4. The van der Waals surface area contributed by atoms with E-state index in [0.29, 0.717) is 0 Å². The molecule has 0 bridgehead atoms. The van der Waals surface area contributed by atoms with Crippen molar-refractivity contribution >= 4 is 76.2 Å². The topological polar surface area (TPSA) is 26.3 Å². The van der Waals surface area contributed by atoms with Crippen molar-refractivity contribution in [1.29, 1.82) is 0 Å². The van der Waals surface area contributed by atoms with Crippen molar-refractivity contribution in [2.45, 2.75) is 19.3 Å². The smallest absolute Gasteiger partial charge is 0.143 e. The maximum absolute atomic E-state index is 6.76. The maximum Gasteiger partial charge on any atom is 0.143 e. The van der Waals surface area contributed by atoms with Crippen LogP contribution < -0.4 is 0 Å². The molecule has 0 fully saturated rings. The molecule has 1 aliphatic carbocycles. The lowest BCUT2D eigenvalue weighted by molar-refractivity contribution is 0.657. The largest absolute Gasteiger partial charge is 0.456 e. The van der Waals surface area contributed by atoms with Gasteiger partial charge in [-0.2, -0.15) is 0 Å². The van der Waals surface area contributed by atoms with E-state index in [-0.39, 0.29) is 5.41 Å². The van der Waals surface area contributed by atoms with Gasteiger partial charge in [-0.25, -0.2) is 0 Å². The molecule has 2 heteroatoms. The van der Waals surface area contributed by atoms with E-state index in [9.17, 15) is 0 Å². The van der Waals surface area contributed by atoms with Crippen LogP contribution in [0.1, 0.15) is 25.0 Å². The predicted octanol–water partition coefficient (Wildman–Crippen LogP) is 16.3. The fourth-order valence-electron chi connectivity index (χ4n) is 10.4. The standard InChI is InChI=1S/C57H36O2/c1-57(2)49-26-24-36(38-21-12-22-44-47-31-48-46-27-34-15-6-7-16-35(34)30-51(46)58-52(48)32-53(47)59-56(38)44)28-45(49)39-25-23-37(29-50(39)57)55-42-19-10-8-17-40(42)54(33-13-4-3-5-14-33)41-18-9-11-20-43(41)55/h3-32H,1-2H3. The van der Waals surface area contributed by atoms with Gasteiger partial charge in [0.25, 0.3) is 0 Å². The molecule has 13 rings (SSSR count). The van der Waals surface area contributed by atoms with E-state index in [2.05, 4.69) is 196 Å². The van der Waals surface area contributed by atoms with Gasteiger partial charge in [-0.1, -0.05) is 159 Å². The molecule has 0 aliphatic heterocycles. The summed E-state index contributed by atoms with van der Waals surface area (Å²) in [7, 11) is 0. The Labute approximate surface area is 340 Å². The predicted molar refractivity (Wildman–Crippen MR) is 247 cm³/mol. The number of benzene rings is 10. The van der Waals surface area contributed by atoms with E-state index >= 15 is 0 Å². The highest BCUT2D eigenvalue weighted by atomic mass is 16.3. The minimum absolute atomic E-state index is 0.178. The molecule has 0 radical (unpaired) electrons. The summed E-state index contributed by atoms with van der Waals surface area (Å²) in [4.78, 5) is 0. The third-order valence-electron chi connectivity index (χ3n) is 13.2. The van der Waals surface area contributed by atoms with Gasteiger partial charge in [0.2, 0.25) is 0 Å². The quantitative estimate of drug-likeness (QED) is 0.168. The normalized spacial score (nSPS) is 13.4. The van der Waals surface area contributed by atoms with Crippen molar-refractivity contribution in [2.24, 2.45) is 0 Å². The number of rotatable bonds is 3. The van der Waals surface area contributed by atoms with Gasteiger partial charge in [0.15, 0.2) is 0 Å². The Balaban J connectivity index is 0.957. The Morgan fingerprint density at radius 3 is 1.64 bits per heavy atom. The van der Waals surface area contributed by atoms with E-state index in [4.69, 9.17) is 8.83 Å². The Kier molecular flexibility index (Phi) is 6.54. The summed E-state index contributed by atoms with van der Waals surface area (Å²) in [5.74, 6) is 0. The molecule has 1 aliphatic rings. The Morgan fingerprint density at radius 1 is 0.322 bits per heavy atom. The van der Waals surface area contributed by atoms with E-state index in [0.717, 1.165) is 55.0 Å². The molecule has 2 nitrogen and oxygen atoms in total. The van der Waals surface area contributed by atoms with E-state index in [1.807, 2.05) is 0 Å². The molecule has 0 saturated heterocycles. The fraction of sp³-hybridized carbons (Fsp3) is 0.0526. The van der Waals surface area contributed by atoms with Crippen LogP contribution in [0.4, 0.5) is 0 Å². The maximum atomic E-state index is 6.76. The number of fused-ring (bicyclic) bond motifs is 12. The monoisotopic (exact) mass is 752 g/mol. The lowest BCUT2D eigenvalue weighted by Gasteiger charge is -2.23. The third kappa shape index (κ3) is 4.57. The first kappa shape index (κ1) is 32.6. The SMILES string of the molecule is CC1(C)c2ccc(-c3cccc4c3oc3cc5oc6cc7ccccc7cc6c5cc34)cc2-c2ccc(-c3c4ccccc4c(-c4ccccc4)c4ccccc34)cc21. The van der Waals surface area contributed by atoms with Gasteiger partial charge in [0.05, 0.1) is 0 Å². The van der Waals surface area contributed by atoms with Gasteiger partial charge in [-0.05, 0) is 113 Å². The summed E-state index contributed by atoms with van der Waals surface area (Å²) < 4.78 is 13.2. The molecule has 0 amide bonds. The Hall–Kier alpha value is -7.42. The van der Waals surface area contributed by atoms with Crippen LogP contribution in [0.25, 0.3) is 121 Å². The summed E-state index contributed by atoms with van der Waals surface area (Å²) in [6.07, 6.45) is 0. The highest BCUT2D eigenvalue weighted by Gasteiger charge is 2.36. The van der Waals surface area contributed by atoms with Crippen molar-refractivity contribution in [2.75, 3.05) is 0 Å². The van der Waals surface area contributed by atoms with Crippen LogP contribution in [-0.2, 0) is 5.41 Å². The lowest BCUT2D eigenvalue weighted by atomic mass is 9.80. The van der Waals surface area contributed by atoms with Crippen molar-refractivity contribution in [3.05, 3.63) is 193 Å². The van der Waals surface area contributed by atoms with Gasteiger partial charge in [0, 0.05) is 38.6 Å². The molecule has 2 aromatic heterocycles. The van der Waals surface area contributed by atoms with Crippen LogP contribution in [0.5, 0.6) is 0 Å². The van der Waals surface area contributed by atoms with E-state index < -0.39 is 0 Å². The minimum atomic E-state index is -0.178. The van der Waals surface area contributed by atoms with Crippen molar-refractivity contribution in [3.63, 3.8) is 0 Å². The zero-order valence-corrected chi connectivity index (χ0v) is 32.6. The van der Waals surface area contributed by atoms with Crippen molar-refractivity contribution in [3.8, 4) is 44.5 Å². The molecule has 2 heterocycles. The average Bonchev–Trinajstić information content (AvgIpc) is 3.89. The molecule has 0 unspecified atom stereocenters. The zero-order valence-electron chi connectivity index (χ0n) is 32.6. The molecule has 0 spiro atoms. The molecule has 0 saturated carbocycles. The summed E-state index contributed by atoms with van der Waals surface area (Å²) >= 11 is 0. The van der Waals surface area contributed by atoms with Gasteiger partial charge < -0.3 is 8.83 Å². The molecular formula is C57H36O2. The van der Waals surface area contributed by atoms with Crippen LogP contribution in [0.3, 0.4) is 0 Å². The Bertz CT molecular complexity index is 3690. The third-order valence-corrected chi connectivity index (χ3v) is 13.2. The van der Waals surface area contributed by atoms with Gasteiger partial charge in [-0.3, -0.25) is 0 Å². The first-order chi connectivity index (χ1) is 29.0. The number of hydrogen-bond acceptors (Lipinski definition) is 2. The average molecular weight is 753 g/mol. The zero-order chi connectivity index (χ0) is 39.0. The van der Waals surface area contributed by atoms with Gasteiger partial charge in [-0.15, -0.1) is 0 Å². The number of para-hydroxylation sites is 1. The van der Waals surface area contributed by atoms with Crippen molar-refractivity contribution in [1.82, 2.24) is 0 Å².